The zero-order chi connectivity index (χ0) is 31.6. The SMILES string of the molecule is COC(=O)[C@@H](C)C[C@H](Cc1ccccc1)N[C@H](O)[C@H]1CSC([C@@H](C[C@H](C(C)C)N(C)C(=O)OC(C)(C)C)OC(C)=O)N1. The molecule has 1 aromatic rings. The first kappa shape index (κ1) is 35.9. The van der Waals surface area contributed by atoms with Crippen LogP contribution in [0.15, 0.2) is 30.3 Å². The zero-order valence-corrected chi connectivity index (χ0v) is 27.4. The van der Waals surface area contributed by atoms with Gasteiger partial charge in [0.25, 0.3) is 0 Å². The molecule has 1 aliphatic rings. The molecule has 7 atom stereocenters. The molecular formula is C31H51N3O7S. The third-order valence-electron chi connectivity index (χ3n) is 7.27. The Morgan fingerprint density at radius 1 is 1.14 bits per heavy atom. The van der Waals surface area contributed by atoms with Gasteiger partial charge in [0.2, 0.25) is 0 Å². The predicted molar refractivity (Wildman–Crippen MR) is 165 cm³/mol. The third-order valence-corrected chi connectivity index (χ3v) is 8.62. The maximum absolute atomic E-state index is 12.8. The van der Waals surface area contributed by atoms with Crippen molar-refractivity contribution in [2.75, 3.05) is 19.9 Å². The third kappa shape index (κ3) is 11.7. The number of benzene rings is 1. The number of methoxy groups -OCH3 is 1. The monoisotopic (exact) mass is 609 g/mol. The second kappa shape index (κ2) is 16.5. The maximum atomic E-state index is 12.8. The normalized spacial score (nSPS) is 20.7. The highest BCUT2D eigenvalue weighted by molar-refractivity contribution is 8.00. The lowest BCUT2D eigenvalue weighted by atomic mass is 9.95. The molecule has 1 amide bonds. The molecule has 42 heavy (non-hydrogen) atoms. The topological polar surface area (TPSA) is 126 Å². The van der Waals surface area contributed by atoms with Crippen LogP contribution < -0.4 is 10.6 Å². The number of nitrogens with one attached hydrogen (secondary N) is 2. The minimum atomic E-state index is -0.913. The Labute approximate surface area is 255 Å². The van der Waals surface area contributed by atoms with Crippen molar-refractivity contribution in [2.24, 2.45) is 11.8 Å². The summed E-state index contributed by atoms with van der Waals surface area (Å²) in [5.41, 5.74) is 0.462. The van der Waals surface area contributed by atoms with E-state index in [1.165, 1.54) is 14.0 Å². The smallest absolute Gasteiger partial charge is 0.410 e. The van der Waals surface area contributed by atoms with Crippen LogP contribution >= 0.6 is 11.8 Å². The molecule has 1 saturated heterocycles. The van der Waals surface area contributed by atoms with Crippen LogP contribution in [0.2, 0.25) is 0 Å². The highest BCUT2D eigenvalue weighted by Gasteiger charge is 2.40. The number of amides is 1. The number of rotatable bonds is 14. The number of nitrogens with zero attached hydrogens (tertiary/aromatic N) is 1. The molecule has 0 aliphatic carbocycles. The summed E-state index contributed by atoms with van der Waals surface area (Å²) >= 11 is 1.57. The standard InChI is InChI=1S/C31H51N3O7S/c1-19(2)25(34(8)30(38)41-31(5,6)7)17-26(40-21(4)35)28-33-24(18-42-28)27(36)32-23(15-20(3)29(37)39-9)16-22-13-11-10-12-14-22/h10-14,19-20,23-28,32-33,36H,15-18H2,1-9H3/t20-,23+,24+,25+,26+,27+,28?/m0/s1. The van der Waals surface area contributed by atoms with Crippen LogP contribution in [0.25, 0.3) is 0 Å². The summed E-state index contributed by atoms with van der Waals surface area (Å²) in [6, 6.07) is 9.17. The van der Waals surface area contributed by atoms with E-state index in [0.29, 0.717) is 25.0 Å². The van der Waals surface area contributed by atoms with Crippen molar-refractivity contribution in [3.8, 4) is 0 Å². The number of carbonyl (C=O) groups is 3. The molecule has 1 unspecified atom stereocenters. The summed E-state index contributed by atoms with van der Waals surface area (Å²) in [5, 5.41) is 17.7. The molecule has 0 bridgehead atoms. The van der Waals surface area contributed by atoms with E-state index in [2.05, 4.69) is 10.6 Å². The quantitative estimate of drug-likeness (QED) is 0.162. The Hall–Kier alpha value is -2.34. The number of aliphatic hydroxyl groups is 1. The second-order valence-electron chi connectivity index (χ2n) is 12.5. The van der Waals surface area contributed by atoms with Crippen molar-refractivity contribution < 1.29 is 33.7 Å². The van der Waals surface area contributed by atoms with E-state index in [0.717, 1.165) is 5.56 Å². The number of hydrogen-bond acceptors (Lipinski definition) is 10. The first-order chi connectivity index (χ1) is 19.6. The van der Waals surface area contributed by atoms with Gasteiger partial charge < -0.3 is 24.2 Å². The van der Waals surface area contributed by atoms with Crippen molar-refractivity contribution >= 4 is 29.8 Å². The van der Waals surface area contributed by atoms with Crippen LogP contribution in [-0.2, 0) is 30.2 Å². The predicted octanol–water partition coefficient (Wildman–Crippen LogP) is 3.95. The largest absolute Gasteiger partial charge is 0.469 e. The fraction of sp³-hybridized carbons (Fsp3) is 0.710. The number of carbonyl (C=O) groups excluding carboxylic acids is 3. The van der Waals surface area contributed by atoms with Crippen molar-refractivity contribution in [2.45, 2.75) is 109 Å². The maximum Gasteiger partial charge on any atom is 0.410 e. The summed E-state index contributed by atoms with van der Waals surface area (Å²) in [6.07, 6.45) is -0.360. The van der Waals surface area contributed by atoms with Crippen molar-refractivity contribution in [1.29, 1.82) is 0 Å². The Kier molecular flexibility index (Phi) is 14.1. The van der Waals surface area contributed by atoms with Gasteiger partial charge in [-0.1, -0.05) is 51.1 Å². The van der Waals surface area contributed by atoms with Crippen molar-refractivity contribution in [3.63, 3.8) is 0 Å². The summed E-state index contributed by atoms with van der Waals surface area (Å²) in [7, 11) is 3.08. The molecule has 0 saturated carbocycles. The molecule has 3 N–H and O–H groups in total. The Bertz CT molecular complexity index is 1000. The van der Waals surface area contributed by atoms with E-state index in [1.54, 1.807) is 23.7 Å². The van der Waals surface area contributed by atoms with Crippen LogP contribution in [0.4, 0.5) is 4.79 Å². The van der Waals surface area contributed by atoms with Crippen LogP contribution in [0.5, 0.6) is 0 Å². The van der Waals surface area contributed by atoms with E-state index >= 15 is 0 Å². The van der Waals surface area contributed by atoms with E-state index in [1.807, 2.05) is 71.9 Å². The Morgan fingerprint density at radius 3 is 2.33 bits per heavy atom. The molecule has 11 heteroatoms. The molecule has 0 spiro atoms. The molecular weight excluding hydrogens is 558 g/mol. The van der Waals surface area contributed by atoms with Crippen LogP contribution in [0.1, 0.15) is 66.9 Å². The summed E-state index contributed by atoms with van der Waals surface area (Å²) in [6.45, 7) is 12.7. The van der Waals surface area contributed by atoms with Gasteiger partial charge in [0.05, 0.1) is 24.4 Å². The highest BCUT2D eigenvalue weighted by atomic mass is 32.2. The molecule has 2 rings (SSSR count). The van der Waals surface area contributed by atoms with Crippen LogP contribution in [0, 0.1) is 11.8 Å². The van der Waals surface area contributed by atoms with E-state index in [-0.39, 0.29) is 41.3 Å². The highest BCUT2D eigenvalue weighted by Crippen LogP contribution is 2.30. The van der Waals surface area contributed by atoms with Crippen LogP contribution in [-0.4, -0.2) is 89.4 Å². The van der Waals surface area contributed by atoms with Gasteiger partial charge in [0.15, 0.2) is 0 Å². The van der Waals surface area contributed by atoms with E-state index in [4.69, 9.17) is 14.2 Å². The fourth-order valence-electron chi connectivity index (χ4n) is 5.13. The second-order valence-corrected chi connectivity index (χ2v) is 13.6. The van der Waals surface area contributed by atoms with Gasteiger partial charge in [0.1, 0.15) is 17.9 Å². The first-order valence-electron chi connectivity index (χ1n) is 14.7. The molecule has 0 radical (unpaired) electrons. The van der Waals surface area contributed by atoms with Crippen LogP contribution in [0.3, 0.4) is 0 Å². The molecule has 10 nitrogen and oxygen atoms in total. The molecule has 238 valence electrons. The minimum Gasteiger partial charge on any atom is -0.469 e. The van der Waals surface area contributed by atoms with Gasteiger partial charge >= 0.3 is 18.0 Å². The molecule has 1 aliphatic heterocycles. The average molecular weight is 610 g/mol. The van der Waals surface area contributed by atoms with Crippen molar-refractivity contribution in [3.05, 3.63) is 35.9 Å². The lowest BCUT2D eigenvalue weighted by molar-refractivity contribution is -0.148. The number of thioether (sulfide) groups is 1. The number of ether oxygens (including phenoxy) is 3. The van der Waals surface area contributed by atoms with Gasteiger partial charge in [-0.3, -0.25) is 20.2 Å². The summed E-state index contributed by atoms with van der Waals surface area (Å²) in [5.74, 6) is -0.392. The first-order valence-corrected chi connectivity index (χ1v) is 15.7. The minimum absolute atomic E-state index is 0.0746. The van der Waals surface area contributed by atoms with Gasteiger partial charge in [-0.05, 0) is 45.1 Å². The summed E-state index contributed by atoms with van der Waals surface area (Å²) < 4.78 is 16.3. The molecule has 1 heterocycles. The number of hydrogen-bond donors (Lipinski definition) is 3. The molecule has 1 aromatic carbocycles. The number of esters is 2. The summed E-state index contributed by atoms with van der Waals surface area (Å²) in [4.78, 5) is 38.7. The lowest BCUT2D eigenvalue weighted by Gasteiger charge is -2.36. The van der Waals surface area contributed by atoms with Crippen molar-refractivity contribution in [1.82, 2.24) is 15.5 Å². The van der Waals surface area contributed by atoms with E-state index in [9.17, 15) is 19.5 Å². The average Bonchev–Trinajstić information content (AvgIpc) is 3.40. The molecule has 0 aromatic heterocycles. The fourth-order valence-corrected chi connectivity index (χ4v) is 6.48. The van der Waals surface area contributed by atoms with Gasteiger partial charge in [-0.2, -0.15) is 0 Å². The lowest BCUT2D eigenvalue weighted by Crippen LogP contribution is -2.54. The van der Waals surface area contributed by atoms with Gasteiger partial charge in [0, 0.05) is 38.2 Å². The Balaban J connectivity index is 2.13. The number of aliphatic hydroxyl groups excluding tert-OH is 1. The van der Waals surface area contributed by atoms with E-state index < -0.39 is 30.0 Å². The zero-order valence-electron chi connectivity index (χ0n) is 26.6. The Morgan fingerprint density at radius 2 is 1.79 bits per heavy atom. The van der Waals surface area contributed by atoms with Gasteiger partial charge in [-0.25, -0.2) is 4.79 Å². The molecule has 1 fully saturated rings. The van der Waals surface area contributed by atoms with Gasteiger partial charge in [-0.15, -0.1) is 11.8 Å².